The Morgan fingerprint density at radius 2 is 2.05 bits per heavy atom. The van der Waals surface area contributed by atoms with Crippen molar-refractivity contribution >= 4 is 15.7 Å². The van der Waals surface area contributed by atoms with E-state index in [0.717, 1.165) is 12.0 Å². The average molecular weight is 306 g/mol. The predicted octanol–water partition coefficient (Wildman–Crippen LogP) is 1.41. The average Bonchev–Trinajstić information content (AvgIpc) is 2.45. The molecule has 1 aromatic carbocycles. The van der Waals surface area contributed by atoms with Crippen molar-refractivity contribution in [3.63, 3.8) is 0 Å². The van der Waals surface area contributed by atoms with Crippen molar-refractivity contribution in [1.82, 2.24) is 14.7 Å². The van der Waals surface area contributed by atoms with Gasteiger partial charge in [-0.3, -0.25) is 0 Å². The fraction of sp³-hybridized carbons (Fsp3) is 0.286. The maximum absolute atomic E-state index is 12.2. The summed E-state index contributed by atoms with van der Waals surface area (Å²) in [5.41, 5.74) is 7.87. The highest BCUT2D eigenvalue weighted by Gasteiger charge is 2.15. The van der Waals surface area contributed by atoms with Crippen LogP contribution in [0.1, 0.15) is 24.0 Å². The zero-order valence-electron chi connectivity index (χ0n) is 12.0. The Hall–Kier alpha value is -1.99. The van der Waals surface area contributed by atoms with Gasteiger partial charge < -0.3 is 5.73 Å². The minimum Gasteiger partial charge on any atom is -0.398 e. The summed E-state index contributed by atoms with van der Waals surface area (Å²) < 4.78 is 27.0. The summed E-state index contributed by atoms with van der Waals surface area (Å²) in [6, 6.07) is 6.44. The molecule has 3 N–H and O–H groups in total. The van der Waals surface area contributed by atoms with E-state index in [9.17, 15) is 8.42 Å². The molecule has 0 unspecified atom stereocenters. The Kier molecular flexibility index (Phi) is 4.54. The number of nitrogens with two attached hydrogens (primary N) is 1. The summed E-state index contributed by atoms with van der Waals surface area (Å²) in [4.78, 5) is 8.28. The first kappa shape index (κ1) is 15.4. The van der Waals surface area contributed by atoms with Crippen LogP contribution in [0.25, 0.3) is 0 Å². The molecule has 0 atom stereocenters. The van der Waals surface area contributed by atoms with E-state index in [-0.39, 0.29) is 11.4 Å². The van der Waals surface area contributed by atoms with Crippen LogP contribution >= 0.6 is 0 Å². The number of aryl methyl sites for hydroxylation is 2. The van der Waals surface area contributed by atoms with E-state index in [1.54, 1.807) is 31.3 Å². The van der Waals surface area contributed by atoms with Crippen LogP contribution in [0.15, 0.2) is 35.4 Å². The molecule has 2 rings (SSSR count). The number of sulfonamides is 1. The first-order valence-corrected chi connectivity index (χ1v) is 8.07. The number of anilines is 1. The van der Waals surface area contributed by atoms with E-state index < -0.39 is 10.0 Å². The monoisotopic (exact) mass is 306 g/mol. The smallest absolute Gasteiger partial charge is 0.240 e. The zero-order chi connectivity index (χ0) is 15.5. The van der Waals surface area contributed by atoms with Gasteiger partial charge in [-0.25, -0.2) is 23.1 Å². The predicted molar refractivity (Wildman–Crippen MR) is 81.0 cm³/mol. The van der Waals surface area contributed by atoms with Crippen molar-refractivity contribution in [2.24, 2.45) is 0 Å². The third kappa shape index (κ3) is 3.77. The Balaban J connectivity index is 2.17. The normalized spacial score (nSPS) is 11.5. The highest BCUT2D eigenvalue weighted by Crippen LogP contribution is 2.18. The molecule has 0 aliphatic heterocycles. The second-order valence-electron chi connectivity index (χ2n) is 4.63. The van der Waals surface area contributed by atoms with Gasteiger partial charge in [0.05, 0.1) is 17.1 Å². The number of aromatic nitrogens is 2. The van der Waals surface area contributed by atoms with Crippen LogP contribution in [0, 0.1) is 6.92 Å². The van der Waals surface area contributed by atoms with E-state index in [1.165, 1.54) is 6.07 Å². The van der Waals surface area contributed by atoms with Gasteiger partial charge in [-0.05, 0) is 37.1 Å². The van der Waals surface area contributed by atoms with Crippen LogP contribution in [-0.2, 0) is 23.0 Å². The molecule has 0 aliphatic carbocycles. The molecule has 0 radical (unpaired) electrons. The molecule has 112 valence electrons. The molecule has 7 heteroatoms. The quantitative estimate of drug-likeness (QED) is 0.814. The highest BCUT2D eigenvalue weighted by atomic mass is 32.2. The third-order valence-electron chi connectivity index (χ3n) is 3.09. The number of nitrogens with one attached hydrogen (secondary N) is 1. The van der Waals surface area contributed by atoms with Crippen LogP contribution in [0.5, 0.6) is 0 Å². The first-order valence-electron chi connectivity index (χ1n) is 6.59. The molecule has 1 heterocycles. The SMILES string of the molecule is CCc1ccc(S(=O)(=O)NCc2ccnc(C)n2)cc1N. The largest absolute Gasteiger partial charge is 0.398 e. The van der Waals surface area contributed by atoms with Gasteiger partial charge >= 0.3 is 0 Å². The Morgan fingerprint density at radius 1 is 1.29 bits per heavy atom. The Morgan fingerprint density at radius 3 is 2.67 bits per heavy atom. The summed E-state index contributed by atoms with van der Waals surface area (Å²) in [7, 11) is -3.61. The molecule has 2 aromatic rings. The fourth-order valence-electron chi connectivity index (χ4n) is 1.92. The van der Waals surface area contributed by atoms with Gasteiger partial charge in [0.1, 0.15) is 5.82 Å². The van der Waals surface area contributed by atoms with Crippen molar-refractivity contribution in [3.05, 3.63) is 47.5 Å². The summed E-state index contributed by atoms with van der Waals surface area (Å²) in [5.74, 6) is 0.600. The van der Waals surface area contributed by atoms with Crippen LogP contribution in [0.3, 0.4) is 0 Å². The van der Waals surface area contributed by atoms with Crippen molar-refractivity contribution < 1.29 is 8.42 Å². The molecule has 1 aromatic heterocycles. The lowest BCUT2D eigenvalue weighted by Crippen LogP contribution is -2.24. The maximum Gasteiger partial charge on any atom is 0.240 e. The van der Waals surface area contributed by atoms with Crippen molar-refractivity contribution in [1.29, 1.82) is 0 Å². The number of hydrogen-bond donors (Lipinski definition) is 2. The minimum atomic E-state index is -3.61. The lowest BCUT2D eigenvalue weighted by atomic mass is 10.1. The Bertz CT molecular complexity index is 744. The molecule has 0 fully saturated rings. The van der Waals surface area contributed by atoms with Crippen LogP contribution in [-0.4, -0.2) is 18.4 Å². The molecule has 0 aliphatic rings. The molecule has 0 saturated carbocycles. The van der Waals surface area contributed by atoms with Gasteiger partial charge in [-0.15, -0.1) is 0 Å². The van der Waals surface area contributed by atoms with E-state index in [0.29, 0.717) is 17.2 Å². The summed E-state index contributed by atoms with van der Waals surface area (Å²) in [6.45, 7) is 3.83. The van der Waals surface area contributed by atoms with Crippen LogP contribution < -0.4 is 10.5 Å². The summed E-state index contributed by atoms with van der Waals surface area (Å²) in [6.07, 6.45) is 2.36. The van der Waals surface area contributed by atoms with Crippen LogP contribution in [0.4, 0.5) is 5.69 Å². The molecule has 0 spiro atoms. The Labute approximate surface area is 124 Å². The number of nitrogens with zero attached hydrogens (tertiary/aromatic N) is 2. The number of nitrogen functional groups attached to an aromatic ring is 1. The van der Waals surface area contributed by atoms with E-state index >= 15 is 0 Å². The molecule has 0 bridgehead atoms. The number of benzene rings is 1. The van der Waals surface area contributed by atoms with Gasteiger partial charge in [0.2, 0.25) is 10.0 Å². The van der Waals surface area contributed by atoms with Gasteiger partial charge in [0.15, 0.2) is 0 Å². The minimum absolute atomic E-state index is 0.112. The molecule has 6 nitrogen and oxygen atoms in total. The van der Waals surface area contributed by atoms with Crippen molar-refractivity contribution in [2.75, 3.05) is 5.73 Å². The lowest BCUT2D eigenvalue weighted by Gasteiger charge is -2.09. The van der Waals surface area contributed by atoms with E-state index in [2.05, 4.69) is 14.7 Å². The molecular weight excluding hydrogens is 288 g/mol. The summed E-state index contributed by atoms with van der Waals surface area (Å²) in [5, 5.41) is 0. The molecule has 0 amide bonds. The third-order valence-corrected chi connectivity index (χ3v) is 4.48. The van der Waals surface area contributed by atoms with Crippen LogP contribution in [0.2, 0.25) is 0 Å². The van der Waals surface area contributed by atoms with Gasteiger partial charge in [0, 0.05) is 11.9 Å². The maximum atomic E-state index is 12.2. The van der Waals surface area contributed by atoms with E-state index in [1.807, 2.05) is 6.92 Å². The molecular formula is C14H18N4O2S. The second kappa shape index (κ2) is 6.19. The zero-order valence-corrected chi connectivity index (χ0v) is 12.8. The number of rotatable bonds is 5. The lowest BCUT2D eigenvalue weighted by molar-refractivity contribution is 0.580. The van der Waals surface area contributed by atoms with E-state index in [4.69, 9.17) is 5.73 Å². The molecule has 21 heavy (non-hydrogen) atoms. The fourth-order valence-corrected chi connectivity index (χ4v) is 2.95. The standard InChI is InChI=1S/C14H18N4O2S/c1-3-11-4-5-13(8-14(11)15)21(19,20)17-9-12-6-7-16-10(2)18-12/h4-8,17H,3,9,15H2,1-2H3. The summed E-state index contributed by atoms with van der Waals surface area (Å²) >= 11 is 0. The van der Waals surface area contributed by atoms with Crippen molar-refractivity contribution in [3.8, 4) is 0 Å². The topological polar surface area (TPSA) is 98.0 Å². The van der Waals surface area contributed by atoms with Crippen molar-refractivity contribution in [2.45, 2.75) is 31.7 Å². The molecule has 0 saturated heterocycles. The van der Waals surface area contributed by atoms with Gasteiger partial charge in [-0.2, -0.15) is 0 Å². The van der Waals surface area contributed by atoms with Gasteiger partial charge in [0.25, 0.3) is 0 Å². The second-order valence-corrected chi connectivity index (χ2v) is 6.40. The first-order chi connectivity index (χ1) is 9.92. The van der Waals surface area contributed by atoms with Gasteiger partial charge in [-0.1, -0.05) is 13.0 Å². The number of hydrogen-bond acceptors (Lipinski definition) is 5. The highest BCUT2D eigenvalue weighted by molar-refractivity contribution is 7.89.